The Morgan fingerprint density at radius 1 is 1.26 bits per heavy atom. The Bertz CT molecular complexity index is 868. The molecule has 10 nitrogen and oxygen atoms in total. The topological polar surface area (TPSA) is 102 Å². The monoisotopic (exact) mass is 439 g/mol. The smallest absolute Gasteiger partial charge is 0.358 e. The summed E-state index contributed by atoms with van der Waals surface area (Å²) in [7, 11) is 1.91. The van der Waals surface area contributed by atoms with Crippen LogP contribution in [0.3, 0.4) is 0 Å². The fourth-order valence-electron chi connectivity index (χ4n) is 3.21. The van der Waals surface area contributed by atoms with Crippen LogP contribution in [0.2, 0.25) is 0 Å². The molecule has 1 aliphatic heterocycles. The van der Waals surface area contributed by atoms with E-state index in [1.54, 1.807) is 11.8 Å². The van der Waals surface area contributed by atoms with Crippen molar-refractivity contribution in [2.45, 2.75) is 26.9 Å². The molecule has 2 aromatic heterocycles. The van der Waals surface area contributed by atoms with Gasteiger partial charge in [0.2, 0.25) is 5.91 Å². The summed E-state index contributed by atoms with van der Waals surface area (Å²) in [4.78, 5) is 27.1. The molecule has 146 valence electrons. The summed E-state index contributed by atoms with van der Waals surface area (Å²) in [6.07, 6.45) is 2.03. The highest BCUT2D eigenvalue weighted by Gasteiger charge is 2.27. The Balaban J connectivity index is 1.56. The number of amides is 1. The minimum Gasteiger partial charge on any atom is -0.358 e. The number of nitrogens with zero attached hydrogens (tertiary/aromatic N) is 7. The Labute approximate surface area is 165 Å². The van der Waals surface area contributed by atoms with Gasteiger partial charge in [-0.15, -0.1) is 0 Å². The summed E-state index contributed by atoms with van der Waals surface area (Å²) in [5.41, 5.74) is 2.79. The Kier molecular flexibility index (Phi) is 5.61. The summed E-state index contributed by atoms with van der Waals surface area (Å²) >= 11 is 3.17. The van der Waals surface area contributed by atoms with E-state index in [0.29, 0.717) is 23.3 Å². The average molecular weight is 440 g/mol. The first-order valence-electron chi connectivity index (χ1n) is 8.62. The van der Waals surface area contributed by atoms with Gasteiger partial charge in [0, 0.05) is 51.5 Å². The largest absolute Gasteiger partial charge is 0.404 e. The highest BCUT2D eigenvalue weighted by molar-refractivity contribution is 9.10. The molecule has 0 bridgehead atoms. The first-order chi connectivity index (χ1) is 12.8. The van der Waals surface area contributed by atoms with Gasteiger partial charge in [-0.3, -0.25) is 14.4 Å². The zero-order valence-electron chi connectivity index (χ0n) is 15.6. The normalized spacial score (nSPS) is 15.3. The van der Waals surface area contributed by atoms with Crippen LogP contribution in [0.4, 0.5) is 5.82 Å². The summed E-state index contributed by atoms with van der Waals surface area (Å²) in [5.74, 6) is -0.350. The standard InChI is InChI=1S/C16H22BrN7O3/c1-11-13(8-20(3)18-11)9-21-4-6-22(7-5-21)14(25)10-23-12(2)15(17)16(19-23)24(26)27/h8H,4-7,9-10H2,1-3H3. The molecule has 27 heavy (non-hydrogen) atoms. The van der Waals surface area contributed by atoms with Crippen molar-refractivity contribution in [3.8, 4) is 0 Å². The van der Waals surface area contributed by atoms with Gasteiger partial charge in [0.1, 0.15) is 11.0 Å². The molecule has 0 radical (unpaired) electrons. The molecule has 0 aromatic carbocycles. The number of carbonyl (C=O) groups excluding carboxylic acids is 1. The molecule has 1 saturated heterocycles. The molecule has 0 N–H and O–H groups in total. The third-order valence-electron chi connectivity index (χ3n) is 4.81. The van der Waals surface area contributed by atoms with E-state index in [-0.39, 0.29) is 18.3 Å². The van der Waals surface area contributed by atoms with E-state index < -0.39 is 4.92 Å². The highest BCUT2D eigenvalue weighted by atomic mass is 79.9. The van der Waals surface area contributed by atoms with E-state index in [1.807, 2.05) is 24.9 Å². The van der Waals surface area contributed by atoms with Crippen LogP contribution < -0.4 is 0 Å². The van der Waals surface area contributed by atoms with Crippen LogP contribution in [-0.4, -0.2) is 66.4 Å². The first kappa shape index (κ1) is 19.5. The second-order valence-electron chi connectivity index (χ2n) is 6.71. The van der Waals surface area contributed by atoms with E-state index >= 15 is 0 Å². The third kappa shape index (κ3) is 4.19. The maximum Gasteiger partial charge on any atom is 0.404 e. The van der Waals surface area contributed by atoms with Gasteiger partial charge in [0.15, 0.2) is 0 Å². The van der Waals surface area contributed by atoms with Gasteiger partial charge in [-0.1, -0.05) is 0 Å². The lowest BCUT2D eigenvalue weighted by Gasteiger charge is -2.34. The first-order valence-corrected chi connectivity index (χ1v) is 9.42. The molecule has 11 heteroatoms. The predicted molar refractivity (Wildman–Crippen MR) is 101 cm³/mol. The van der Waals surface area contributed by atoms with Gasteiger partial charge < -0.3 is 15.0 Å². The van der Waals surface area contributed by atoms with Gasteiger partial charge in [-0.25, -0.2) is 0 Å². The number of nitro groups is 1. The van der Waals surface area contributed by atoms with E-state index in [2.05, 4.69) is 31.0 Å². The van der Waals surface area contributed by atoms with Gasteiger partial charge in [-0.05, 0) is 34.7 Å². The zero-order valence-corrected chi connectivity index (χ0v) is 17.1. The molecular formula is C16H22BrN7O3. The van der Waals surface area contributed by atoms with Crippen molar-refractivity contribution in [3.63, 3.8) is 0 Å². The predicted octanol–water partition coefficient (Wildman–Crippen LogP) is 1.25. The fourth-order valence-corrected chi connectivity index (χ4v) is 3.64. The van der Waals surface area contributed by atoms with Crippen LogP contribution in [0, 0.1) is 24.0 Å². The quantitative estimate of drug-likeness (QED) is 0.512. The second-order valence-corrected chi connectivity index (χ2v) is 7.50. The molecular weight excluding hydrogens is 418 g/mol. The average Bonchev–Trinajstić information content (AvgIpc) is 3.08. The summed E-state index contributed by atoms with van der Waals surface area (Å²) in [5, 5.41) is 19.3. The summed E-state index contributed by atoms with van der Waals surface area (Å²) in [6.45, 7) is 7.33. The molecule has 1 aliphatic rings. The van der Waals surface area contributed by atoms with Gasteiger partial charge in [0.05, 0.1) is 16.5 Å². The van der Waals surface area contributed by atoms with Crippen LogP contribution >= 0.6 is 15.9 Å². The molecule has 0 saturated carbocycles. The molecule has 0 spiro atoms. The van der Waals surface area contributed by atoms with Crippen molar-refractivity contribution >= 4 is 27.7 Å². The van der Waals surface area contributed by atoms with Crippen LogP contribution in [-0.2, 0) is 24.9 Å². The number of rotatable bonds is 5. The Morgan fingerprint density at radius 3 is 2.44 bits per heavy atom. The second kappa shape index (κ2) is 7.77. The fraction of sp³-hybridized carbons (Fsp3) is 0.562. The van der Waals surface area contributed by atoms with Crippen LogP contribution in [0.15, 0.2) is 10.7 Å². The van der Waals surface area contributed by atoms with Crippen molar-refractivity contribution in [2.75, 3.05) is 26.2 Å². The highest BCUT2D eigenvalue weighted by Crippen LogP contribution is 2.27. The number of aromatic nitrogens is 4. The number of piperazine rings is 1. The number of halogens is 1. The zero-order chi connectivity index (χ0) is 19.7. The number of carbonyl (C=O) groups is 1. The molecule has 2 aromatic rings. The molecule has 0 atom stereocenters. The molecule has 3 rings (SSSR count). The lowest BCUT2D eigenvalue weighted by atomic mass is 10.2. The number of hydrogen-bond acceptors (Lipinski definition) is 6. The molecule has 3 heterocycles. The minimum atomic E-state index is -0.558. The molecule has 0 unspecified atom stereocenters. The van der Waals surface area contributed by atoms with Gasteiger partial charge in [0.25, 0.3) is 0 Å². The van der Waals surface area contributed by atoms with Crippen molar-refractivity contribution < 1.29 is 9.72 Å². The van der Waals surface area contributed by atoms with Crippen molar-refractivity contribution in [1.29, 1.82) is 0 Å². The van der Waals surface area contributed by atoms with Crippen molar-refractivity contribution in [3.05, 3.63) is 37.7 Å². The lowest BCUT2D eigenvalue weighted by molar-refractivity contribution is -0.390. The molecule has 1 fully saturated rings. The van der Waals surface area contributed by atoms with Crippen LogP contribution in [0.25, 0.3) is 0 Å². The SMILES string of the molecule is Cc1nn(C)cc1CN1CCN(C(=O)Cn2nc([N+](=O)[O-])c(Br)c2C)CC1. The van der Waals surface area contributed by atoms with Crippen LogP contribution in [0.1, 0.15) is 17.0 Å². The van der Waals surface area contributed by atoms with E-state index in [0.717, 1.165) is 25.3 Å². The van der Waals surface area contributed by atoms with Gasteiger partial charge in [-0.2, -0.15) is 9.78 Å². The van der Waals surface area contributed by atoms with Crippen molar-refractivity contribution in [2.24, 2.45) is 7.05 Å². The molecule has 1 amide bonds. The minimum absolute atomic E-state index is 0.0000131. The van der Waals surface area contributed by atoms with E-state index in [4.69, 9.17) is 0 Å². The maximum absolute atomic E-state index is 12.6. The van der Waals surface area contributed by atoms with E-state index in [1.165, 1.54) is 10.2 Å². The Morgan fingerprint density at radius 2 is 1.93 bits per heavy atom. The lowest BCUT2D eigenvalue weighted by Crippen LogP contribution is -2.49. The summed E-state index contributed by atoms with van der Waals surface area (Å²) in [6, 6.07) is 0. The number of hydrogen-bond donors (Lipinski definition) is 0. The third-order valence-corrected chi connectivity index (χ3v) is 5.74. The van der Waals surface area contributed by atoms with Crippen molar-refractivity contribution in [1.82, 2.24) is 29.4 Å². The van der Waals surface area contributed by atoms with Gasteiger partial charge >= 0.3 is 5.82 Å². The molecule has 0 aliphatic carbocycles. The maximum atomic E-state index is 12.6. The van der Waals surface area contributed by atoms with E-state index in [9.17, 15) is 14.9 Å². The van der Waals surface area contributed by atoms with Crippen LogP contribution in [0.5, 0.6) is 0 Å². The number of aryl methyl sites for hydroxylation is 2. The summed E-state index contributed by atoms with van der Waals surface area (Å²) < 4.78 is 3.52. The Hall–Kier alpha value is -2.27.